The summed E-state index contributed by atoms with van der Waals surface area (Å²) in [6, 6.07) is 18.4. The summed E-state index contributed by atoms with van der Waals surface area (Å²) < 4.78 is 50.5. The van der Waals surface area contributed by atoms with Crippen LogP contribution in [0.25, 0.3) is 0 Å². The zero-order valence-electron chi connectivity index (χ0n) is 22.4. The van der Waals surface area contributed by atoms with Crippen LogP contribution in [0, 0.1) is 0 Å². The number of carbonyl (C=O) groups excluding carboxylic acids is 2. The summed E-state index contributed by atoms with van der Waals surface area (Å²) in [6.07, 6.45) is -3.86. The zero-order valence-corrected chi connectivity index (χ0v) is 22.4. The summed E-state index contributed by atoms with van der Waals surface area (Å²) in [6.45, 7) is 1.31. The average molecular weight is 564 g/mol. The van der Waals surface area contributed by atoms with Crippen LogP contribution >= 0.6 is 0 Å². The molecule has 5 rings (SSSR count). The van der Waals surface area contributed by atoms with Crippen LogP contribution in [-0.2, 0) is 27.1 Å². The summed E-state index contributed by atoms with van der Waals surface area (Å²) in [5.74, 6) is -1.28. The Balaban J connectivity index is 1.49. The third-order valence-corrected chi connectivity index (χ3v) is 7.45. The lowest BCUT2D eigenvalue weighted by Gasteiger charge is -2.37. The molecular weight excluding hydrogens is 535 g/mol. The number of alkyl halides is 3. The predicted octanol–water partition coefficient (Wildman–Crippen LogP) is 6.52. The Morgan fingerprint density at radius 2 is 1.78 bits per heavy atom. The summed E-state index contributed by atoms with van der Waals surface area (Å²) in [7, 11) is 1.58. The molecule has 2 atom stereocenters. The second-order valence-electron chi connectivity index (χ2n) is 10.1. The van der Waals surface area contributed by atoms with Crippen LogP contribution in [0.3, 0.4) is 0 Å². The number of para-hydroxylation sites is 1. The minimum Gasteiger partial charge on any atom is -0.508 e. The number of aromatic hydroxyl groups is 1. The quantitative estimate of drug-likeness (QED) is 0.332. The molecule has 2 N–H and O–H groups in total. The fraction of sp³-hybridized carbons (Fsp3) is 0.250. The zero-order chi connectivity index (χ0) is 29.3. The number of phenols is 1. The van der Waals surface area contributed by atoms with E-state index in [0.29, 0.717) is 34.7 Å². The van der Waals surface area contributed by atoms with Crippen LogP contribution in [-0.4, -0.2) is 24.0 Å². The highest BCUT2D eigenvalue weighted by atomic mass is 19.4. The number of esters is 1. The van der Waals surface area contributed by atoms with E-state index in [1.807, 2.05) is 24.3 Å². The maximum Gasteiger partial charge on any atom is 0.416 e. The molecular formula is C32H28F3NO5. The Bertz CT molecular complexity index is 1570. The third-order valence-electron chi connectivity index (χ3n) is 7.45. The van der Waals surface area contributed by atoms with Crippen LogP contribution in [0.1, 0.15) is 53.9 Å². The van der Waals surface area contributed by atoms with Crippen molar-refractivity contribution in [1.29, 1.82) is 0 Å². The lowest BCUT2D eigenvalue weighted by Crippen LogP contribution is -2.36. The number of carbonyl (C=O) groups is 2. The normalized spacial score (nSPS) is 19.0. The Hall–Kier alpha value is -4.53. The topological polar surface area (TPSA) is 84.9 Å². The first-order chi connectivity index (χ1) is 19.6. The molecule has 0 fully saturated rings. The van der Waals surface area contributed by atoms with Crippen molar-refractivity contribution < 1.29 is 37.3 Å². The van der Waals surface area contributed by atoms with Crippen molar-refractivity contribution in [2.45, 2.75) is 44.4 Å². The third kappa shape index (κ3) is 5.70. The van der Waals surface area contributed by atoms with Crippen LogP contribution in [0.5, 0.6) is 11.5 Å². The molecule has 41 heavy (non-hydrogen) atoms. The van der Waals surface area contributed by atoms with Crippen LogP contribution in [0.4, 0.5) is 13.2 Å². The van der Waals surface area contributed by atoms with Gasteiger partial charge in [-0.25, -0.2) is 4.79 Å². The van der Waals surface area contributed by atoms with E-state index >= 15 is 0 Å². The predicted molar refractivity (Wildman–Crippen MR) is 145 cm³/mol. The molecule has 2 aliphatic rings. The second kappa shape index (κ2) is 11.2. The molecule has 0 unspecified atom stereocenters. The highest BCUT2D eigenvalue weighted by Gasteiger charge is 2.42. The van der Waals surface area contributed by atoms with Gasteiger partial charge in [-0.1, -0.05) is 42.5 Å². The SMILES string of the molecule is COc1ccccc1[C@H]1CC(=O)C2=C(C1)NC(C)=C(C(=O)OCc1cccc(C(F)(F)F)c1)[C@H]2c1cccc(O)c1. The van der Waals surface area contributed by atoms with E-state index in [-0.39, 0.29) is 41.6 Å². The molecule has 0 bridgehead atoms. The molecule has 3 aromatic carbocycles. The number of ether oxygens (including phenoxy) is 2. The lowest BCUT2D eigenvalue weighted by molar-refractivity contribution is -0.140. The Kier molecular flexibility index (Phi) is 7.62. The molecule has 0 radical (unpaired) electrons. The molecule has 0 amide bonds. The van der Waals surface area contributed by atoms with E-state index in [4.69, 9.17) is 9.47 Å². The van der Waals surface area contributed by atoms with Crippen LogP contribution < -0.4 is 10.1 Å². The van der Waals surface area contributed by atoms with E-state index < -0.39 is 23.6 Å². The molecule has 0 saturated heterocycles. The maximum atomic E-state index is 13.8. The maximum absolute atomic E-state index is 13.8. The van der Waals surface area contributed by atoms with Gasteiger partial charge < -0.3 is 19.9 Å². The molecule has 0 aromatic heterocycles. The van der Waals surface area contributed by atoms with Gasteiger partial charge in [-0.3, -0.25) is 4.79 Å². The van der Waals surface area contributed by atoms with Crippen molar-refractivity contribution in [1.82, 2.24) is 5.32 Å². The summed E-state index contributed by atoms with van der Waals surface area (Å²) in [5.41, 5.74) is 2.44. The number of hydrogen-bond donors (Lipinski definition) is 2. The van der Waals surface area contributed by atoms with E-state index in [1.54, 1.807) is 26.2 Å². The standard InChI is InChI=1S/C32H28F3NO5/c1-18-28(31(39)41-17-19-7-5-9-22(13-19)32(33,34)35)29(20-8-6-10-23(37)14-20)30-25(36-18)15-21(16-26(30)38)24-11-3-4-12-27(24)40-2/h3-14,21,29,36-37H,15-17H2,1-2H3/t21-,29-/m1/s1. The fourth-order valence-electron chi connectivity index (χ4n) is 5.63. The van der Waals surface area contributed by atoms with Crippen molar-refractivity contribution in [2.75, 3.05) is 7.11 Å². The molecule has 1 aliphatic carbocycles. The van der Waals surface area contributed by atoms with Crippen LogP contribution in [0.15, 0.2) is 95.3 Å². The van der Waals surface area contributed by atoms with E-state index in [0.717, 1.165) is 17.7 Å². The molecule has 9 heteroatoms. The first kappa shape index (κ1) is 28.0. The highest BCUT2D eigenvalue weighted by molar-refractivity contribution is 6.04. The number of rotatable bonds is 6. The molecule has 212 valence electrons. The first-order valence-electron chi connectivity index (χ1n) is 13.1. The number of ketones is 1. The molecule has 1 aliphatic heterocycles. The minimum absolute atomic E-state index is 0.0346. The van der Waals surface area contributed by atoms with Gasteiger partial charge in [0, 0.05) is 35.2 Å². The lowest BCUT2D eigenvalue weighted by atomic mass is 9.71. The van der Waals surface area contributed by atoms with Gasteiger partial charge in [-0.2, -0.15) is 13.2 Å². The Morgan fingerprint density at radius 1 is 1.02 bits per heavy atom. The van der Waals surface area contributed by atoms with Gasteiger partial charge in [0.2, 0.25) is 0 Å². The van der Waals surface area contributed by atoms with Gasteiger partial charge >= 0.3 is 12.1 Å². The van der Waals surface area contributed by atoms with Gasteiger partial charge in [-0.15, -0.1) is 0 Å². The van der Waals surface area contributed by atoms with Gasteiger partial charge in [0.25, 0.3) is 0 Å². The van der Waals surface area contributed by atoms with Gasteiger partial charge in [0.15, 0.2) is 5.78 Å². The number of hydrogen-bond acceptors (Lipinski definition) is 6. The molecule has 3 aromatic rings. The van der Waals surface area contributed by atoms with E-state index in [9.17, 15) is 27.9 Å². The number of dihydropyridines is 1. The van der Waals surface area contributed by atoms with Crippen molar-refractivity contribution in [3.05, 3.63) is 118 Å². The van der Waals surface area contributed by atoms with Gasteiger partial charge in [0.05, 0.1) is 18.2 Å². The number of nitrogens with one attached hydrogen (secondary N) is 1. The smallest absolute Gasteiger partial charge is 0.416 e. The monoisotopic (exact) mass is 563 g/mol. The summed E-state index contributed by atoms with van der Waals surface area (Å²) >= 11 is 0. The van der Waals surface area contributed by atoms with Crippen molar-refractivity contribution in [3.8, 4) is 11.5 Å². The number of allylic oxidation sites excluding steroid dienone is 3. The largest absolute Gasteiger partial charge is 0.508 e. The summed E-state index contributed by atoms with van der Waals surface area (Å²) in [4.78, 5) is 27.3. The number of halogens is 3. The van der Waals surface area contributed by atoms with Gasteiger partial charge in [-0.05, 0) is 60.4 Å². The fourth-order valence-corrected chi connectivity index (χ4v) is 5.63. The summed E-state index contributed by atoms with van der Waals surface area (Å²) in [5, 5.41) is 13.5. The Labute approximate surface area is 235 Å². The van der Waals surface area contributed by atoms with Crippen molar-refractivity contribution in [3.63, 3.8) is 0 Å². The number of methoxy groups -OCH3 is 1. The van der Waals surface area contributed by atoms with Crippen LogP contribution in [0.2, 0.25) is 0 Å². The first-order valence-corrected chi connectivity index (χ1v) is 13.1. The van der Waals surface area contributed by atoms with E-state index in [2.05, 4.69) is 5.32 Å². The molecule has 0 saturated carbocycles. The number of benzene rings is 3. The average Bonchev–Trinajstić information content (AvgIpc) is 2.94. The molecule has 0 spiro atoms. The number of phenolic OH excluding ortho intramolecular Hbond substituents is 1. The van der Waals surface area contributed by atoms with Crippen molar-refractivity contribution in [2.24, 2.45) is 0 Å². The molecule has 6 nitrogen and oxygen atoms in total. The van der Waals surface area contributed by atoms with Gasteiger partial charge in [0.1, 0.15) is 18.1 Å². The minimum atomic E-state index is -4.53. The molecule has 1 heterocycles. The number of Topliss-reactive ketones (excluding diaryl/α,β-unsaturated/α-hetero) is 1. The van der Waals surface area contributed by atoms with E-state index in [1.165, 1.54) is 24.3 Å². The highest BCUT2D eigenvalue weighted by Crippen LogP contribution is 2.47. The van der Waals surface area contributed by atoms with Crippen molar-refractivity contribution >= 4 is 11.8 Å². The second-order valence-corrected chi connectivity index (χ2v) is 10.1. The Morgan fingerprint density at radius 3 is 2.51 bits per heavy atom.